The van der Waals surface area contributed by atoms with Gasteiger partial charge in [-0.2, -0.15) is 0 Å². The number of rotatable bonds is 2. The van der Waals surface area contributed by atoms with Gasteiger partial charge in [-0.05, 0) is 31.0 Å². The molecule has 0 radical (unpaired) electrons. The number of aromatic nitrogens is 1. The van der Waals surface area contributed by atoms with Crippen molar-refractivity contribution in [3.05, 3.63) is 50.7 Å². The summed E-state index contributed by atoms with van der Waals surface area (Å²) in [5.74, 6) is -0.312. The molecule has 0 amide bonds. The van der Waals surface area contributed by atoms with Crippen molar-refractivity contribution >= 4 is 22.9 Å². The Morgan fingerprint density at radius 2 is 2.21 bits per heavy atom. The van der Waals surface area contributed by atoms with Gasteiger partial charge in [0.25, 0.3) is 0 Å². The SMILES string of the molecule is OC1COC2(CCN(Cc3ccc(F)cn3)CC2)c2sc(Cl)cc21. The Balaban J connectivity index is 1.48. The van der Waals surface area contributed by atoms with E-state index < -0.39 is 6.10 Å². The second-order valence-corrected chi connectivity index (χ2v) is 8.08. The summed E-state index contributed by atoms with van der Waals surface area (Å²) in [7, 11) is 0. The first kappa shape index (κ1) is 16.4. The second kappa shape index (κ2) is 6.35. The van der Waals surface area contributed by atoms with Gasteiger partial charge in [-0.3, -0.25) is 9.88 Å². The first-order valence-corrected chi connectivity index (χ1v) is 9.20. The summed E-state index contributed by atoms with van der Waals surface area (Å²) in [4.78, 5) is 7.50. The minimum atomic E-state index is -0.587. The maximum absolute atomic E-state index is 13.0. The molecule has 0 bridgehead atoms. The van der Waals surface area contributed by atoms with Crippen LogP contribution in [0.1, 0.15) is 35.1 Å². The van der Waals surface area contributed by atoms with Crippen molar-refractivity contribution < 1.29 is 14.2 Å². The summed E-state index contributed by atoms with van der Waals surface area (Å²) in [5.41, 5.74) is 1.45. The summed E-state index contributed by atoms with van der Waals surface area (Å²) in [6.07, 6.45) is 2.37. The molecule has 1 saturated heterocycles. The number of aliphatic hydroxyl groups excluding tert-OH is 1. The number of nitrogens with zero attached hydrogens (tertiary/aromatic N) is 2. The summed E-state index contributed by atoms with van der Waals surface area (Å²) >= 11 is 7.68. The van der Waals surface area contributed by atoms with Crippen molar-refractivity contribution in [3.8, 4) is 0 Å². The fourth-order valence-corrected chi connectivity index (χ4v) is 5.04. The van der Waals surface area contributed by atoms with E-state index >= 15 is 0 Å². The van der Waals surface area contributed by atoms with Gasteiger partial charge in [0.15, 0.2) is 0 Å². The highest BCUT2D eigenvalue weighted by Gasteiger charge is 2.44. The molecule has 128 valence electrons. The average molecular weight is 369 g/mol. The van der Waals surface area contributed by atoms with E-state index in [2.05, 4.69) is 9.88 Å². The van der Waals surface area contributed by atoms with Crippen molar-refractivity contribution in [1.29, 1.82) is 0 Å². The van der Waals surface area contributed by atoms with E-state index in [0.29, 0.717) is 17.5 Å². The van der Waals surface area contributed by atoms with E-state index in [-0.39, 0.29) is 11.4 Å². The Bertz CT molecular complexity index is 729. The van der Waals surface area contributed by atoms with Gasteiger partial charge < -0.3 is 9.84 Å². The maximum Gasteiger partial charge on any atom is 0.141 e. The van der Waals surface area contributed by atoms with Gasteiger partial charge in [0, 0.05) is 30.1 Å². The molecule has 1 atom stereocenters. The lowest BCUT2D eigenvalue weighted by Crippen LogP contribution is -2.46. The molecular weight excluding hydrogens is 351 g/mol. The minimum Gasteiger partial charge on any atom is -0.386 e. The van der Waals surface area contributed by atoms with Gasteiger partial charge in [0.1, 0.15) is 17.5 Å². The molecule has 4 heterocycles. The molecule has 2 aliphatic rings. The van der Waals surface area contributed by atoms with Gasteiger partial charge in [0.05, 0.1) is 22.8 Å². The number of aliphatic hydroxyl groups is 1. The zero-order valence-electron chi connectivity index (χ0n) is 13.0. The summed E-state index contributed by atoms with van der Waals surface area (Å²) in [6, 6.07) is 5.04. The number of halogens is 2. The highest BCUT2D eigenvalue weighted by atomic mass is 35.5. The molecule has 24 heavy (non-hydrogen) atoms. The van der Waals surface area contributed by atoms with Gasteiger partial charge in [-0.25, -0.2) is 4.39 Å². The number of likely N-dealkylation sites (tertiary alicyclic amines) is 1. The standard InChI is InChI=1S/C17H18ClFN2O2S/c18-15-7-13-14(22)10-23-17(16(13)24-15)3-5-21(6-4-17)9-12-2-1-11(19)8-20-12/h1-2,7-8,14,22H,3-6,9-10H2. The Hall–Kier alpha value is -1.05. The zero-order chi connectivity index (χ0) is 16.7. The van der Waals surface area contributed by atoms with Gasteiger partial charge in [-0.1, -0.05) is 11.6 Å². The van der Waals surface area contributed by atoms with Crippen LogP contribution in [0.25, 0.3) is 0 Å². The fraction of sp³-hybridized carbons (Fsp3) is 0.471. The smallest absolute Gasteiger partial charge is 0.141 e. The number of fused-ring (bicyclic) bond motifs is 2. The first-order chi connectivity index (χ1) is 11.6. The topological polar surface area (TPSA) is 45.6 Å². The normalized spacial score (nSPS) is 23.4. The molecule has 2 aromatic rings. The van der Waals surface area contributed by atoms with E-state index in [1.54, 1.807) is 6.07 Å². The summed E-state index contributed by atoms with van der Waals surface area (Å²) in [6.45, 7) is 2.75. The Morgan fingerprint density at radius 1 is 1.42 bits per heavy atom. The number of hydrogen-bond donors (Lipinski definition) is 1. The predicted octanol–water partition coefficient (Wildman–Crippen LogP) is 3.49. The summed E-state index contributed by atoms with van der Waals surface area (Å²) in [5, 5.41) is 10.1. The third kappa shape index (κ3) is 2.97. The Labute approximate surface area is 148 Å². The van der Waals surface area contributed by atoms with Crippen LogP contribution in [-0.2, 0) is 16.9 Å². The number of thiophene rings is 1. The van der Waals surface area contributed by atoms with Crippen molar-refractivity contribution in [2.24, 2.45) is 0 Å². The van der Waals surface area contributed by atoms with Crippen molar-refractivity contribution in [1.82, 2.24) is 9.88 Å². The van der Waals surface area contributed by atoms with Crippen molar-refractivity contribution in [3.63, 3.8) is 0 Å². The maximum atomic E-state index is 13.0. The first-order valence-electron chi connectivity index (χ1n) is 8.00. The lowest BCUT2D eigenvalue weighted by atomic mass is 9.84. The molecule has 0 aliphatic carbocycles. The number of piperidine rings is 1. The highest BCUT2D eigenvalue weighted by Crippen LogP contribution is 2.49. The molecule has 0 aromatic carbocycles. The van der Waals surface area contributed by atoms with Crippen LogP contribution in [0.15, 0.2) is 24.4 Å². The minimum absolute atomic E-state index is 0.312. The van der Waals surface area contributed by atoms with Crippen molar-refractivity contribution in [2.75, 3.05) is 19.7 Å². The molecule has 0 saturated carbocycles. The molecule has 1 N–H and O–H groups in total. The number of hydrogen-bond acceptors (Lipinski definition) is 5. The van der Waals surface area contributed by atoms with E-state index in [1.807, 2.05) is 6.07 Å². The molecule has 2 aliphatic heterocycles. The molecular formula is C17H18ClFN2O2S. The zero-order valence-corrected chi connectivity index (χ0v) is 14.6. The van der Waals surface area contributed by atoms with Crippen LogP contribution in [-0.4, -0.2) is 34.7 Å². The average Bonchev–Trinajstić information content (AvgIpc) is 2.99. The molecule has 1 fully saturated rings. The van der Waals surface area contributed by atoms with E-state index in [0.717, 1.165) is 42.1 Å². The van der Waals surface area contributed by atoms with Crippen molar-refractivity contribution in [2.45, 2.75) is 31.1 Å². The predicted molar refractivity (Wildman–Crippen MR) is 90.6 cm³/mol. The third-order valence-electron chi connectivity index (χ3n) is 4.86. The molecule has 4 nitrogen and oxygen atoms in total. The molecule has 1 spiro atoms. The molecule has 7 heteroatoms. The highest BCUT2D eigenvalue weighted by molar-refractivity contribution is 7.16. The van der Waals surface area contributed by atoms with Crippen LogP contribution < -0.4 is 0 Å². The summed E-state index contributed by atoms with van der Waals surface area (Å²) < 4.78 is 19.7. The monoisotopic (exact) mass is 368 g/mol. The van der Waals surface area contributed by atoms with Gasteiger partial charge in [-0.15, -0.1) is 11.3 Å². The Kier molecular flexibility index (Phi) is 4.34. The third-order valence-corrected chi connectivity index (χ3v) is 6.32. The molecule has 1 unspecified atom stereocenters. The number of pyridine rings is 1. The lowest BCUT2D eigenvalue weighted by Gasteiger charge is -2.44. The van der Waals surface area contributed by atoms with Gasteiger partial charge in [0.2, 0.25) is 0 Å². The van der Waals surface area contributed by atoms with Crippen LogP contribution in [0.3, 0.4) is 0 Å². The lowest BCUT2D eigenvalue weighted by molar-refractivity contribution is -0.129. The second-order valence-electron chi connectivity index (χ2n) is 6.40. The van der Waals surface area contributed by atoms with Crippen LogP contribution in [0.2, 0.25) is 4.34 Å². The van der Waals surface area contributed by atoms with E-state index in [9.17, 15) is 9.50 Å². The Morgan fingerprint density at radius 3 is 2.92 bits per heavy atom. The van der Waals surface area contributed by atoms with Crippen LogP contribution in [0.5, 0.6) is 0 Å². The van der Waals surface area contributed by atoms with E-state index in [4.69, 9.17) is 16.3 Å². The molecule has 4 rings (SSSR count). The fourth-order valence-electron chi connectivity index (χ4n) is 3.54. The van der Waals surface area contributed by atoms with E-state index in [1.165, 1.54) is 23.6 Å². The molecule has 2 aromatic heterocycles. The van der Waals surface area contributed by atoms with Crippen LogP contribution >= 0.6 is 22.9 Å². The van der Waals surface area contributed by atoms with Crippen LogP contribution in [0.4, 0.5) is 4.39 Å². The van der Waals surface area contributed by atoms with Crippen LogP contribution in [0, 0.1) is 5.82 Å². The number of ether oxygens (including phenoxy) is 1. The largest absolute Gasteiger partial charge is 0.386 e. The quantitative estimate of drug-likeness (QED) is 0.881. The van der Waals surface area contributed by atoms with Gasteiger partial charge >= 0.3 is 0 Å².